The fraction of sp³-hybridized carbons (Fsp3) is 0.702. The van der Waals surface area contributed by atoms with Gasteiger partial charge >= 0.3 is 11.9 Å². The van der Waals surface area contributed by atoms with Gasteiger partial charge in [0.1, 0.15) is 25.3 Å². The lowest BCUT2D eigenvalue weighted by molar-refractivity contribution is -0.961. The number of quaternary nitrogens is 2. The van der Waals surface area contributed by atoms with E-state index < -0.39 is 0 Å². The molecule has 0 N–H and O–H groups in total. The molecule has 344 valence electrons. The number of unbranched alkanes of at least 4 members (excludes halogenated alkanes) is 6. The minimum atomic E-state index is -0.0539. The fourth-order valence-corrected chi connectivity index (χ4v) is 11.2. The van der Waals surface area contributed by atoms with Crippen molar-refractivity contribution in [3.05, 3.63) is 35.4 Å². The van der Waals surface area contributed by atoms with Gasteiger partial charge in [0.2, 0.25) is 11.5 Å². The molecule has 0 aromatic heterocycles. The van der Waals surface area contributed by atoms with E-state index in [1.807, 2.05) is 0 Å². The highest BCUT2D eigenvalue weighted by Gasteiger charge is 2.53. The maximum Gasteiger partial charge on any atom is 0.306 e. The Morgan fingerprint density at radius 1 is 0.475 bits per heavy atom. The van der Waals surface area contributed by atoms with Gasteiger partial charge in [0.05, 0.1) is 80.9 Å². The van der Waals surface area contributed by atoms with Crippen LogP contribution in [0.4, 0.5) is 0 Å². The normalized spacial score (nSPS) is 27.2. The standard InChI is InChI=1S/C47H72N2O10.2BrH/c1-48(30-32-22-40(52-3)46(56-7)41(23-32)53-4)34-18-19-35(48)27-38(26-34)58-44(50)16-14-12-10-9-11-13-15-17-45(51)59-39-28-36-20-21-37(29-39)49(36,2)31-33-24-42(54-5)47(57-8)43(25-33)55-6;;/h22-25,34-39H,9-21,26-31H2,1-8H3;2*1H/q+2;;/p-2. The van der Waals surface area contributed by atoms with Crippen LogP contribution in [0.2, 0.25) is 0 Å². The van der Waals surface area contributed by atoms with Crippen LogP contribution in [0.15, 0.2) is 24.3 Å². The topological polar surface area (TPSA) is 108 Å². The van der Waals surface area contributed by atoms with Crippen LogP contribution in [0.3, 0.4) is 0 Å². The molecule has 4 aliphatic heterocycles. The average molecular weight is 985 g/mol. The van der Waals surface area contributed by atoms with Crippen molar-refractivity contribution in [2.45, 2.75) is 159 Å². The fourth-order valence-electron chi connectivity index (χ4n) is 11.2. The third-order valence-corrected chi connectivity index (χ3v) is 14.5. The van der Waals surface area contributed by atoms with Crippen LogP contribution in [0.1, 0.15) is 120 Å². The number of benzene rings is 2. The van der Waals surface area contributed by atoms with Gasteiger partial charge in [-0.1, -0.05) is 32.1 Å². The van der Waals surface area contributed by atoms with Gasteiger partial charge in [-0.25, -0.2) is 0 Å². The molecular weight excluding hydrogens is 912 g/mol. The van der Waals surface area contributed by atoms with Crippen LogP contribution in [-0.4, -0.2) is 114 Å². The van der Waals surface area contributed by atoms with Gasteiger partial charge in [0.15, 0.2) is 23.0 Å². The maximum absolute atomic E-state index is 12.9. The highest BCUT2D eigenvalue weighted by Crippen LogP contribution is 2.47. The number of esters is 2. The van der Waals surface area contributed by atoms with Gasteiger partial charge < -0.3 is 80.8 Å². The van der Waals surface area contributed by atoms with E-state index in [2.05, 4.69) is 38.4 Å². The lowest BCUT2D eigenvalue weighted by Gasteiger charge is -2.47. The van der Waals surface area contributed by atoms with E-state index in [9.17, 15) is 9.59 Å². The Hall–Kier alpha value is -2.94. The lowest BCUT2D eigenvalue weighted by Crippen LogP contribution is -3.00. The van der Waals surface area contributed by atoms with Gasteiger partial charge in [-0.2, -0.15) is 0 Å². The summed E-state index contributed by atoms with van der Waals surface area (Å²) in [6.45, 7) is 1.75. The molecule has 2 aromatic rings. The highest BCUT2D eigenvalue weighted by molar-refractivity contribution is 5.70. The molecule has 14 heteroatoms. The number of fused-ring (bicyclic) bond motifs is 4. The van der Waals surface area contributed by atoms with E-state index in [1.165, 1.54) is 0 Å². The Labute approximate surface area is 385 Å². The summed E-state index contributed by atoms with van der Waals surface area (Å²) in [6, 6.07) is 10.1. The smallest absolute Gasteiger partial charge is 0.306 e. The largest absolute Gasteiger partial charge is 1.00 e. The van der Waals surface area contributed by atoms with Crippen molar-refractivity contribution >= 4 is 11.9 Å². The summed E-state index contributed by atoms with van der Waals surface area (Å²) < 4.78 is 47.5. The third-order valence-electron chi connectivity index (χ3n) is 14.5. The van der Waals surface area contributed by atoms with Crippen LogP contribution in [0, 0.1) is 0 Å². The quantitative estimate of drug-likeness (QED) is 0.0993. The first-order valence-electron chi connectivity index (χ1n) is 22.1. The molecule has 4 atom stereocenters. The predicted molar refractivity (Wildman–Crippen MR) is 225 cm³/mol. The van der Waals surface area contributed by atoms with Gasteiger partial charge in [0.25, 0.3) is 0 Å². The van der Waals surface area contributed by atoms with Gasteiger partial charge in [-0.15, -0.1) is 0 Å². The van der Waals surface area contributed by atoms with E-state index in [-0.39, 0.29) is 58.1 Å². The summed E-state index contributed by atoms with van der Waals surface area (Å²) in [5.41, 5.74) is 2.32. The van der Waals surface area contributed by atoms with Crippen molar-refractivity contribution in [3.8, 4) is 34.5 Å². The second-order valence-electron chi connectivity index (χ2n) is 18.0. The first-order valence-corrected chi connectivity index (χ1v) is 22.1. The van der Waals surface area contributed by atoms with Crippen molar-refractivity contribution in [1.82, 2.24) is 0 Å². The number of halogens is 2. The Kier molecular flexibility index (Phi) is 19.2. The van der Waals surface area contributed by atoms with E-state index in [0.29, 0.717) is 71.5 Å². The number of nitrogens with zero attached hydrogens (tertiary/aromatic N) is 2. The number of hydrogen-bond donors (Lipinski definition) is 0. The summed E-state index contributed by atoms with van der Waals surface area (Å²) >= 11 is 0. The molecule has 0 amide bonds. The molecule has 12 nitrogen and oxygen atoms in total. The second kappa shape index (κ2) is 23.1. The zero-order chi connectivity index (χ0) is 42.2. The molecule has 4 saturated heterocycles. The summed E-state index contributed by atoms with van der Waals surface area (Å²) in [4.78, 5) is 25.7. The number of ether oxygens (including phenoxy) is 8. The average Bonchev–Trinajstić information content (AvgIpc) is 3.44. The number of hydrogen-bond acceptors (Lipinski definition) is 10. The van der Waals surface area contributed by atoms with Gasteiger partial charge in [0, 0.05) is 75.3 Å². The minimum absolute atomic E-state index is 0. The zero-order valence-corrected chi connectivity index (χ0v) is 41.1. The monoisotopic (exact) mass is 982 g/mol. The van der Waals surface area contributed by atoms with E-state index in [0.717, 1.165) is 129 Å². The first kappa shape index (κ1) is 50.7. The molecule has 61 heavy (non-hydrogen) atoms. The highest BCUT2D eigenvalue weighted by atomic mass is 79.9. The van der Waals surface area contributed by atoms with E-state index in [1.54, 1.807) is 42.7 Å². The van der Waals surface area contributed by atoms with E-state index in [4.69, 9.17) is 37.9 Å². The number of methoxy groups -OCH3 is 6. The van der Waals surface area contributed by atoms with Crippen molar-refractivity contribution in [2.75, 3.05) is 56.8 Å². The van der Waals surface area contributed by atoms with Crippen molar-refractivity contribution in [1.29, 1.82) is 0 Å². The van der Waals surface area contributed by atoms with E-state index >= 15 is 0 Å². The van der Waals surface area contributed by atoms with Crippen molar-refractivity contribution in [2.24, 2.45) is 0 Å². The zero-order valence-electron chi connectivity index (χ0n) is 37.9. The number of rotatable bonds is 22. The Morgan fingerprint density at radius 2 is 0.754 bits per heavy atom. The van der Waals surface area contributed by atoms with Gasteiger partial charge in [-0.05, 0) is 37.1 Å². The lowest BCUT2D eigenvalue weighted by atomic mass is 9.95. The molecule has 4 unspecified atom stereocenters. The summed E-state index contributed by atoms with van der Waals surface area (Å²) in [5, 5.41) is 0. The molecule has 4 bridgehead atoms. The molecule has 2 aromatic carbocycles. The molecular formula is C47H72Br2N2O10. The van der Waals surface area contributed by atoms with Crippen LogP contribution in [0.25, 0.3) is 0 Å². The molecule has 4 aliphatic rings. The Balaban J connectivity index is 0.00000410. The number of piperidine rings is 2. The molecule has 0 saturated carbocycles. The second-order valence-corrected chi connectivity index (χ2v) is 18.0. The Bertz CT molecular complexity index is 1540. The SMILES string of the molecule is COc1cc(C[N+]2(C)C3CCC2CC(OC(=O)CCCCCCCCCC(=O)OC2CC4CCC(C2)[N+]4(C)Cc2cc(OC)c(OC)c(OC)c2)C3)cc(OC)c1OC.[Br-].[Br-]. The third kappa shape index (κ3) is 11.8. The molecule has 4 fully saturated rings. The predicted octanol–water partition coefficient (Wildman–Crippen LogP) is 2.32. The maximum atomic E-state index is 12.9. The number of carbonyl (C=O) groups is 2. The van der Waals surface area contributed by atoms with Crippen LogP contribution in [0.5, 0.6) is 34.5 Å². The summed E-state index contributed by atoms with van der Waals surface area (Å²) in [7, 11) is 14.6. The number of carbonyl (C=O) groups excluding carboxylic acids is 2. The molecule has 4 heterocycles. The first-order chi connectivity index (χ1) is 28.5. The minimum Gasteiger partial charge on any atom is -1.00 e. The molecule has 0 spiro atoms. The van der Waals surface area contributed by atoms with Crippen LogP contribution >= 0.6 is 0 Å². The van der Waals surface area contributed by atoms with Gasteiger partial charge in [-0.3, -0.25) is 9.59 Å². The van der Waals surface area contributed by atoms with Crippen molar-refractivity contribution in [3.63, 3.8) is 0 Å². The summed E-state index contributed by atoms with van der Waals surface area (Å²) in [6.07, 6.45) is 16.3. The molecule has 6 rings (SSSR count). The van der Waals surface area contributed by atoms with Crippen molar-refractivity contribution < 1.29 is 90.4 Å². The van der Waals surface area contributed by atoms with Crippen LogP contribution in [-0.2, 0) is 32.2 Å². The van der Waals surface area contributed by atoms with Crippen LogP contribution < -0.4 is 62.4 Å². The Morgan fingerprint density at radius 3 is 1.02 bits per heavy atom. The molecule has 0 radical (unpaired) electrons. The summed E-state index contributed by atoms with van der Waals surface area (Å²) in [5.74, 6) is 3.83. The molecule has 0 aliphatic carbocycles.